The molecule has 0 atom stereocenters. The second kappa shape index (κ2) is 9.29. The van der Waals surface area contributed by atoms with Gasteiger partial charge < -0.3 is 9.64 Å². The molecule has 0 amide bonds. The van der Waals surface area contributed by atoms with Gasteiger partial charge in [0.15, 0.2) is 0 Å². The van der Waals surface area contributed by atoms with Gasteiger partial charge in [-0.2, -0.15) is 0 Å². The molecule has 1 fully saturated rings. The van der Waals surface area contributed by atoms with E-state index in [9.17, 15) is 0 Å². The van der Waals surface area contributed by atoms with Gasteiger partial charge in [0.1, 0.15) is 5.75 Å². The summed E-state index contributed by atoms with van der Waals surface area (Å²) in [6.45, 7) is 10.6. The molecule has 3 rings (SSSR count). The number of rotatable bonds is 7. The Morgan fingerprint density at radius 3 is 2.19 bits per heavy atom. The first kappa shape index (κ1) is 19.1. The molecule has 0 unspecified atom stereocenters. The topological polar surface area (TPSA) is 15.7 Å². The Bertz CT molecular complexity index is 674. The van der Waals surface area contributed by atoms with Gasteiger partial charge >= 0.3 is 0 Å². The average molecular weight is 373 g/mol. The van der Waals surface area contributed by atoms with E-state index in [0.29, 0.717) is 0 Å². The minimum absolute atomic E-state index is 0.801. The van der Waals surface area contributed by atoms with Crippen LogP contribution in [-0.4, -0.2) is 44.2 Å². The molecular weight excluding hydrogens is 344 g/mol. The molecular formula is C22H29ClN2O. The predicted octanol–water partition coefficient (Wildman–Crippen LogP) is 4.94. The van der Waals surface area contributed by atoms with Crippen LogP contribution in [0, 0.1) is 13.8 Å². The van der Waals surface area contributed by atoms with Gasteiger partial charge in [-0.3, -0.25) is 4.90 Å². The fourth-order valence-electron chi connectivity index (χ4n) is 3.52. The Morgan fingerprint density at radius 2 is 1.54 bits per heavy atom. The standard InChI is InChI=1S/C22H29ClN2O/c1-18-6-5-7-19(2)22(18)26-17-4-3-12-24-13-15-25(16-14-24)21-10-8-20(23)9-11-21/h5-11H,3-4,12-17H2,1-2H3. The van der Waals surface area contributed by atoms with E-state index in [4.69, 9.17) is 16.3 Å². The molecule has 26 heavy (non-hydrogen) atoms. The maximum Gasteiger partial charge on any atom is 0.125 e. The Labute approximate surface area is 162 Å². The number of piperazine rings is 1. The van der Waals surface area contributed by atoms with E-state index in [1.807, 2.05) is 12.1 Å². The highest BCUT2D eigenvalue weighted by molar-refractivity contribution is 6.30. The SMILES string of the molecule is Cc1cccc(C)c1OCCCCN1CCN(c2ccc(Cl)cc2)CC1. The maximum absolute atomic E-state index is 6.00. The van der Waals surface area contributed by atoms with Crippen molar-refractivity contribution < 1.29 is 4.74 Å². The van der Waals surface area contributed by atoms with Crippen molar-refractivity contribution in [1.82, 2.24) is 4.90 Å². The lowest BCUT2D eigenvalue weighted by Gasteiger charge is -2.36. The van der Waals surface area contributed by atoms with Crippen LogP contribution in [0.5, 0.6) is 5.75 Å². The zero-order valence-electron chi connectivity index (χ0n) is 15.9. The molecule has 0 aromatic heterocycles. The van der Waals surface area contributed by atoms with Gasteiger partial charge in [0.2, 0.25) is 0 Å². The summed E-state index contributed by atoms with van der Waals surface area (Å²) in [7, 11) is 0. The molecule has 0 spiro atoms. The minimum atomic E-state index is 0.801. The highest BCUT2D eigenvalue weighted by Crippen LogP contribution is 2.23. The second-order valence-electron chi connectivity index (χ2n) is 7.08. The van der Waals surface area contributed by atoms with Crippen LogP contribution in [0.3, 0.4) is 0 Å². The quantitative estimate of drug-likeness (QED) is 0.640. The average Bonchev–Trinajstić information content (AvgIpc) is 2.65. The molecule has 1 heterocycles. The molecule has 3 nitrogen and oxygen atoms in total. The van der Waals surface area contributed by atoms with Gasteiger partial charge in [0.25, 0.3) is 0 Å². The Balaban J connectivity index is 1.33. The fraction of sp³-hybridized carbons (Fsp3) is 0.455. The van der Waals surface area contributed by atoms with Crippen LogP contribution in [0.15, 0.2) is 42.5 Å². The number of hydrogen-bond acceptors (Lipinski definition) is 3. The molecule has 140 valence electrons. The number of anilines is 1. The molecule has 2 aromatic rings. The first-order valence-corrected chi connectivity index (χ1v) is 9.93. The van der Waals surface area contributed by atoms with Gasteiger partial charge in [-0.15, -0.1) is 0 Å². The zero-order chi connectivity index (χ0) is 18.4. The summed E-state index contributed by atoms with van der Waals surface area (Å²) in [5.74, 6) is 1.06. The summed E-state index contributed by atoms with van der Waals surface area (Å²) in [6, 6.07) is 14.5. The highest BCUT2D eigenvalue weighted by Gasteiger charge is 2.16. The largest absolute Gasteiger partial charge is 0.493 e. The number of nitrogens with zero attached hydrogens (tertiary/aromatic N) is 2. The Hall–Kier alpha value is -1.71. The summed E-state index contributed by atoms with van der Waals surface area (Å²) < 4.78 is 6.00. The third-order valence-electron chi connectivity index (χ3n) is 5.09. The highest BCUT2D eigenvalue weighted by atomic mass is 35.5. The molecule has 0 saturated carbocycles. The van der Waals surface area contributed by atoms with Crippen LogP contribution in [-0.2, 0) is 0 Å². The lowest BCUT2D eigenvalue weighted by Crippen LogP contribution is -2.46. The van der Waals surface area contributed by atoms with Crippen LogP contribution < -0.4 is 9.64 Å². The van der Waals surface area contributed by atoms with Gasteiger partial charge in [0, 0.05) is 36.9 Å². The third kappa shape index (κ3) is 5.15. The van der Waals surface area contributed by atoms with Crippen molar-refractivity contribution in [3.05, 3.63) is 58.6 Å². The van der Waals surface area contributed by atoms with E-state index in [-0.39, 0.29) is 0 Å². The first-order chi connectivity index (χ1) is 12.6. The van der Waals surface area contributed by atoms with Gasteiger partial charge in [-0.05, 0) is 68.6 Å². The summed E-state index contributed by atoms with van der Waals surface area (Å²) in [5, 5.41) is 0.801. The van der Waals surface area contributed by atoms with Crippen molar-refractivity contribution in [2.24, 2.45) is 0 Å². The molecule has 4 heteroatoms. The summed E-state index contributed by atoms with van der Waals surface area (Å²) >= 11 is 5.98. The minimum Gasteiger partial charge on any atom is -0.493 e. The monoisotopic (exact) mass is 372 g/mol. The normalized spacial score (nSPS) is 15.3. The maximum atomic E-state index is 6.00. The predicted molar refractivity (Wildman–Crippen MR) is 111 cm³/mol. The van der Waals surface area contributed by atoms with Gasteiger partial charge in [0.05, 0.1) is 6.61 Å². The van der Waals surface area contributed by atoms with Crippen LogP contribution in [0.25, 0.3) is 0 Å². The molecule has 1 aliphatic heterocycles. The molecule has 2 aromatic carbocycles. The lowest BCUT2D eigenvalue weighted by molar-refractivity contribution is 0.238. The van der Waals surface area contributed by atoms with E-state index >= 15 is 0 Å². The van der Waals surface area contributed by atoms with Gasteiger partial charge in [-0.25, -0.2) is 0 Å². The van der Waals surface area contributed by atoms with E-state index in [1.54, 1.807) is 0 Å². The van der Waals surface area contributed by atoms with Crippen LogP contribution in [0.4, 0.5) is 5.69 Å². The Morgan fingerprint density at radius 1 is 0.885 bits per heavy atom. The molecule has 0 aliphatic carbocycles. The van der Waals surface area contributed by atoms with Crippen LogP contribution in [0.1, 0.15) is 24.0 Å². The van der Waals surface area contributed by atoms with E-state index in [2.05, 4.69) is 54.0 Å². The number of unbranched alkanes of at least 4 members (excludes halogenated alkanes) is 1. The van der Waals surface area contributed by atoms with Crippen molar-refractivity contribution in [3.63, 3.8) is 0 Å². The molecule has 0 N–H and O–H groups in total. The number of para-hydroxylation sites is 1. The van der Waals surface area contributed by atoms with E-state index in [0.717, 1.165) is 56.5 Å². The summed E-state index contributed by atoms with van der Waals surface area (Å²) in [5.41, 5.74) is 3.72. The molecule has 1 aliphatic rings. The number of aryl methyl sites for hydroxylation is 2. The van der Waals surface area contributed by atoms with E-state index in [1.165, 1.54) is 23.2 Å². The van der Waals surface area contributed by atoms with Crippen molar-refractivity contribution in [3.8, 4) is 5.75 Å². The number of ether oxygens (including phenoxy) is 1. The van der Waals surface area contributed by atoms with Crippen LogP contribution in [0.2, 0.25) is 5.02 Å². The smallest absolute Gasteiger partial charge is 0.125 e. The fourth-order valence-corrected chi connectivity index (χ4v) is 3.65. The zero-order valence-corrected chi connectivity index (χ0v) is 16.6. The number of hydrogen-bond donors (Lipinski definition) is 0. The molecule has 1 saturated heterocycles. The third-order valence-corrected chi connectivity index (χ3v) is 5.34. The van der Waals surface area contributed by atoms with Crippen LogP contribution >= 0.6 is 11.6 Å². The van der Waals surface area contributed by atoms with E-state index < -0.39 is 0 Å². The summed E-state index contributed by atoms with van der Waals surface area (Å²) in [6.07, 6.45) is 2.29. The Kier molecular flexibility index (Phi) is 6.81. The number of halogens is 1. The van der Waals surface area contributed by atoms with Crippen molar-refractivity contribution in [1.29, 1.82) is 0 Å². The second-order valence-corrected chi connectivity index (χ2v) is 7.52. The molecule has 0 bridgehead atoms. The first-order valence-electron chi connectivity index (χ1n) is 9.55. The van der Waals surface area contributed by atoms with Crippen molar-refractivity contribution in [2.75, 3.05) is 44.2 Å². The van der Waals surface area contributed by atoms with Gasteiger partial charge in [-0.1, -0.05) is 29.8 Å². The van der Waals surface area contributed by atoms with Crippen molar-refractivity contribution in [2.45, 2.75) is 26.7 Å². The van der Waals surface area contributed by atoms with Crippen molar-refractivity contribution >= 4 is 17.3 Å². The lowest BCUT2D eigenvalue weighted by atomic mass is 10.1. The molecule has 0 radical (unpaired) electrons. The number of benzene rings is 2. The summed E-state index contributed by atoms with van der Waals surface area (Å²) in [4.78, 5) is 5.00.